The van der Waals surface area contributed by atoms with Gasteiger partial charge in [0, 0.05) is 17.5 Å². The van der Waals surface area contributed by atoms with E-state index in [1.807, 2.05) is 13.0 Å². The molecule has 1 atom stereocenters. The van der Waals surface area contributed by atoms with Crippen molar-refractivity contribution in [3.05, 3.63) is 46.7 Å². The molecule has 1 aromatic carbocycles. The Balaban J connectivity index is 2.01. The molecular weight excluding hydrogens is 301 g/mol. The first-order valence-corrected chi connectivity index (χ1v) is 8.02. The fourth-order valence-electron chi connectivity index (χ4n) is 2.17. The van der Waals surface area contributed by atoms with Crippen molar-refractivity contribution in [2.45, 2.75) is 38.6 Å². The number of carbonyl (C=O) groups is 1. The van der Waals surface area contributed by atoms with Gasteiger partial charge >= 0.3 is 0 Å². The van der Waals surface area contributed by atoms with Crippen LogP contribution in [0, 0.1) is 5.82 Å². The van der Waals surface area contributed by atoms with Gasteiger partial charge in [-0.1, -0.05) is 25.5 Å². The lowest BCUT2D eigenvalue weighted by molar-refractivity contribution is -0.120. The summed E-state index contributed by atoms with van der Waals surface area (Å²) in [5.41, 5.74) is 5.96. The van der Waals surface area contributed by atoms with Crippen LogP contribution in [0.4, 0.5) is 9.52 Å². The van der Waals surface area contributed by atoms with Crippen LogP contribution >= 0.6 is 11.3 Å². The summed E-state index contributed by atoms with van der Waals surface area (Å²) in [5, 5.41) is 3.27. The summed E-state index contributed by atoms with van der Waals surface area (Å²) in [6.45, 7) is 3.70. The van der Waals surface area contributed by atoms with Gasteiger partial charge in [-0.15, -0.1) is 11.3 Å². The van der Waals surface area contributed by atoms with Gasteiger partial charge in [0.1, 0.15) is 5.82 Å². The largest absolute Gasteiger partial charge is 0.318 e. The first kappa shape index (κ1) is 16.6. The third kappa shape index (κ3) is 4.35. The molecule has 6 heteroatoms. The van der Waals surface area contributed by atoms with Crippen LogP contribution in [-0.4, -0.2) is 16.4 Å². The molecular formula is C16H20FN3OS. The van der Waals surface area contributed by atoms with E-state index in [1.54, 1.807) is 19.2 Å². The molecule has 0 saturated heterocycles. The zero-order chi connectivity index (χ0) is 16.2. The number of hydrogen-bond donors (Lipinski definition) is 2. The van der Waals surface area contributed by atoms with Crippen LogP contribution in [0.3, 0.4) is 0 Å². The van der Waals surface area contributed by atoms with E-state index < -0.39 is 5.54 Å². The van der Waals surface area contributed by atoms with Crippen molar-refractivity contribution >= 4 is 22.4 Å². The number of aromatic nitrogens is 1. The fraction of sp³-hybridized carbons (Fsp3) is 0.375. The molecule has 0 aliphatic carbocycles. The van der Waals surface area contributed by atoms with Crippen molar-refractivity contribution in [3.8, 4) is 0 Å². The molecule has 0 fully saturated rings. The fourth-order valence-corrected chi connectivity index (χ4v) is 3.01. The third-order valence-corrected chi connectivity index (χ3v) is 4.24. The Morgan fingerprint density at radius 2 is 2.27 bits per heavy atom. The van der Waals surface area contributed by atoms with Gasteiger partial charge < -0.3 is 11.1 Å². The summed E-state index contributed by atoms with van der Waals surface area (Å²) in [6, 6.07) is 6.45. The summed E-state index contributed by atoms with van der Waals surface area (Å²) in [4.78, 5) is 17.3. The van der Waals surface area contributed by atoms with Crippen LogP contribution in [0.2, 0.25) is 0 Å². The second kappa shape index (κ2) is 6.98. The predicted octanol–water partition coefficient (Wildman–Crippen LogP) is 3.33. The van der Waals surface area contributed by atoms with Crippen molar-refractivity contribution in [1.29, 1.82) is 0 Å². The molecule has 118 valence electrons. The van der Waals surface area contributed by atoms with Crippen LogP contribution in [-0.2, 0) is 11.2 Å². The standard InChI is InChI=1S/C16H20FN3OS/c1-3-7-16(2,18)14(21)20-15-19-10-13(22-15)9-11-5-4-6-12(17)8-11/h4-6,8,10H,3,7,9,18H2,1-2H3,(H,19,20,21). The zero-order valence-electron chi connectivity index (χ0n) is 12.7. The van der Waals surface area contributed by atoms with Gasteiger partial charge in [0.2, 0.25) is 5.91 Å². The molecule has 1 heterocycles. The number of nitrogens with zero attached hydrogens (tertiary/aromatic N) is 1. The molecule has 2 aromatic rings. The highest BCUT2D eigenvalue weighted by Gasteiger charge is 2.27. The lowest BCUT2D eigenvalue weighted by Crippen LogP contribution is -2.48. The number of benzene rings is 1. The molecule has 1 aromatic heterocycles. The lowest BCUT2D eigenvalue weighted by atomic mass is 9.97. The monoisotopic (exact) mass is 321 g/mol. The molecule has 0 bridgehead atoms. The van der Waals surface area contributed by atoms with Crippen molar-refractivity contribution in [1.82, 2.24) is 4.98 Å². The Morgan fingerprint density at radius 3 is 2.95 bits per heavy atom. The first-order chi connectivity index (χ1) is 10.4. The van der Waals surface area contributed by atoms with Crippen LogP contribution in [0.15, 0.2) is 30.5 Å². The molecule has 22 heavy (non-hydrogen) atoms. The van der Waals surface area contributed by atoms with Gasteiger partial charge in [0.25, 0.3) is 0 Å². The molecule has 0 saturated carbocycles. The molecule has 0 aliphatic rings. The van der Waals surface area contributed by atoms with E-state index in [9.17, 15) is 9.18 Å². The van der Waals surface area contributed by atoms with Crippen molar-refractivity contribution in [3.63, 3.8) is 0 Å². The van der Waals surface area contributed by atoms with Gasteiger partial charge in [-0.2, -0.15) is 0 Å². The van der Waals surface area contributed by atoms with Crippen molar-refractivity contribution in [2.75, 3.05) is 5.32 Å². The minimum absolute atomic E-state index is 0.235. The number of nitrogens with two attached hydrogens (primary N) is 1. The van der Waals surface area contributed by atoms with Crippen LogP contribution in [0.5, 0.6) is 0 Å². The van der Waals surface area contributed by atoms with Crippen LogP contribution in [0.1, 0.15) is 37.1 Å². The highest BCUT2D eigenvalue weighted by atomic mass is 32.1. The summed E-state index contributed by atoms with van der Waals surface area (Å²) >= 11 is 1.38. The lowest BCUT2D eigenvalue weighted by Gasteiger charge is -2.21. The number of halogens is 1. The molecule has 2 rings (SSSR count). The topological polar surface area (TPSA) is 68.0 Å². The average molecular weight is 321 g/mol. The van der Waals surface area contributed by atoms with Crippen LogP contribution < -0.4 is 11.1 Å². The van der Waals surface area contributed by atoms with Gasteiger partial charge in [0.15, 0.2) is 5.13 Å². The number of rotatable bonds is 6. The van der Waals surface area contributed by atoms with Gasteiger partial charge in [0.05, 0.1) is 5.54 Å². The maximum absolute atomic E-state index is 13.2. The highest BCUT2D eigenvalue weighted by molar-refractivity contribution is 7.15. The van der Waals surface area contributed by atoms with E-state index in [1.165, 1.54) is 23.5 Å². The number of thiazole rings is 1. The number of hydrogen-bond acceptors (Lipinski definition) is 4. The van der Waals surface area contributed by atoms with E-state index in [2.05, 4.69) is 10.3 Å². The molecule has 4 nitrogen and oxygen atoms in total. The van der Waals surface area contributed by atoms with Gasteiger partial charge in [-0.25, -0.2) is 9.37 Å². The second-order valence-electron chi connectivity index (χ2n) is 5.56. The molecule has 0 radical (unpaired) electrons. The maximum Gasteiger partial charge on any atom is 0.245 e. The normalized spacial score (nSPS) is 13.6. The molecule has 0 spiro atoms. The Kier molecular flexibility index (Phi) is 5.26. The van der Waals surface area contributed by atoms with Crippen molar-refractivity contribution in [2.24, 2.45) is 5.73 Å². The SMILES string of the molecule is CCCC(C)(N)C(=O)Nc1ncc(Cc2cccc(F)c2)s1. The first-order valence-electron chi connectivity index (χ1n) is 7.20. The van der Waals surface area contributed by atoms with Crippen LogP contribution in [0.25, 0.3) is 0 Å². The minimum atomic E-state index is -0.900. The average Bonchev–Trinajstić information content (AvgIpc) is 2.86. The zero-order valence-corrected chi connectivity index (χ0v) is 13.5. The minimum Gasteiger partial charge on any atom is -0.318 e. The highest BCUT2D eigenvalue weighted by Crippen LogP contribution is 2.22. The third-order valence-electron chi connectivity index (χ3n) is 3.33. The van der Waals surface area contributed by atoms with E-state index >= 15 is 0 Å². The maximum atomic E-state index is 13.2. The van der Waals surface area contributed by atoms with E-state index in [0.29, 0.717) is 18.0 Å². The predicted molar refractivity (Wildman–Crippen MR) is 87.5 cm³/mol. The number of nitrogens with one attached hydrogen (secondary N) is 1. The number of amides is 1. The Hall–Kier alpha value is -1.79. The Labute approximate surface area is 133 Å². The molecule has 3 N–H and O–H groups in total. The van der Waals surface area contributed by atoms with Gasteiger partial charge in [-0.05, 0) is 31.0 Å². The summed E-state index contributed by atoms with van der Waals surface area (Å²) in [6.07, 6.45) is 3.72. The van der Waals surface area contributed by atoms with E-state index in [0.717, 1.165) is 16.9 Å². The number of anilines is 1. The Morgan fingerprint density at radius 1 is 1.50 bits per heavy atom. The Bertz CT molecular complexity index is 654. The molecule has 1 amide bonds. The molecule has 1 unspecified atom stereocenters. The van der Waals surface area contributed by atoms with E-state index in [-0.39, 0.29) is 11.7 Å². The second-order valence-corrected chi connectivity index (χ2v) is 6.68. The van der Waals surface area contributed by atoms with E-state index in [4.69, 9.17) is 5.73 Å². The quantitative estimate of drug-likeness (QED) is 0.857. The van der Waals surface area contributed by atoms with Gasteiger partial charge in [-0.3, -0.25) is 4.79 Å². The smallest absolute Gasteiger partial charge is 0.245 e. The summed E-state index contributed by atoms with van der Waals surface area (Å²) in [7, 11) is 0. The van der Waals surface area contributed by atoms with Crippen molar-refractivity contribution < 1.29 is 9.18 Å². The summed E-state index contributed by atoms with van der Waals surface area (Å²) < 4.78 is 13.2. The number of carbonyl (C=O) groups excluding carboxylic acids is 1. The molecule has 0 aliphatic heterocycles. The summed E-state index contributed by atoms with van der Waals surface area (Å²) in [5.74, 6) is -0.491.